The lowest BCUT2D eigenvalue weighted by molar-refractivity contribution is 0.300. The summed E-state index contributed by atoms with van der Waals surface area (Å²) in [6.45, 7) is 0.171. The van der Waals surface area contributed by atoms with Crippen LogP contribution in [0.3, 0.4) is 0 Å². The fourth-order valence-electron chi connectivity index (χ4n) is 2.71. The van der Waals surface area contributed by atoms with E-state index in [9.17, 15) is 5.11 Å². The molecule has 0 radical (unpaired) electrons. The predicted octanol–water partition coefficient (Wildman–Crippen LogP) is 4.56. The monoisotopic (exact) mass is 274 g/mol. The highest BCUT2D eigenvalue weighted by Gasteiger charge is 2.09. The molecule has 0 saturated heterocycles. The summed E-state index contributed by atoms with van der Waals surface area (Å²) in [5, 5.41) is 9.28. The van der Waals surface area contributed by atoms with Gasteiger partial charge in [0.05, 0.1) is 0 Å². The molecule has 0 heterocycles. The van der Waals surface area contributed by atoms with Gasteiger partial charge in [-0.2, -0.15) is 0 Å². The van der Waals surface area contributed by atoms with Gasteiger partial charge in [0.1, 0.15) is 0 Å². The topological polar surface area (TPSA) is 20.2 Å². The molecule has 3 aromatic rings. The molecule has 21 heavy (non-hydrogen) atoms. The fourth-order valence-corrected chi connectivity index (χ4v) is 2.71. The van der Waals surface area contributed by atoms with E-state index in [1.807, 2.05) is 12.1 Å². The Labute approximate surface area is 125 Å². The zero-order chi connectivity index (χ0) is 14.5. The molecule has 104 valence electrons. The van der Waals surface area contributed by atoms with Crippen LogP contribution in [0.5, 0.6) is 0 Å². The molecule has 0 fully saturated rings. The summed E-state index contributed by atoms with van der Waals surface area (Å²) >= 11 is 0. The molecule has 0 saturated carbocycles. The van der Waals surface area contributed by atoms with Crippen LogP contribution in [0.15, 0.2) is 78.9 Å². The normalized spacial score (nSPS) is 10.5. The molecule has 3 rings (SSSR count). The molecular formula is C20H18O. The van der Waals surface area contributed by atoms with E-state index < -0.39 is 0 Å². The smallest absolute Gasteiger partial charge is 0.0471 e. The van der Waals surface area contributed by atoms with E-state index in [0.29, 0.717) is 6.42 Å². The Morgan fingerprint density at radius 2 is 1.14 bits per heavy atom. The van der Waals surface area contributed by atoms with Crippen LogP contribution >= 0.6 is 0 Å². The Bertz CT molecular complexity index is 717. The van der Waals surface area contributed by atoms with Gasteiger partial charge in [0.2, 0.25) is 0 Å². The largest absolute Gasteiger partial charge is 0.396 e. The second-order valence-electron chi connectivity index (χ2n) is 5.04. The Kier molecular flexibility index (Phi) is 4.13. The van der Waals surface area contributed by atoms with Crippen molar-refractivity contribution < 1.29 is 5.11 Å². The summed E-state index contributed by atoms with van der Waals surface area (Å²) in [7, 11) is 0. The highest BCUT2D eigenvalue weighted by molar-refractivity contribution is 5.84. The third kappa shape index (κ3) is 2.88. The van der Waals surface area contributed by atoms with Crippen LogP contribution in [0.25, 0.3) is 22.3 Å². The quantitative estimate of drug-likeness (QED) is 0.739. The van der Waals surface area contributed by atoms with E-state index in [2.05, 4.69) is 66.7 Å². The third-order valence-electron chi connectivity index (χ3n) is 3.70. The van der Waals surface area contributed by atoms with Gasteiger partial charge in [-0.05, 0) is 34.2 Å². The fraction of sp³-hybridized carbons (Fsp3) is 0.100. The molecule has 0 aromatic heterocycles. The number of hydrogen-bond acceptors (Lipinski definition) is 1. The van der Waals surface area contributed by atoms with Gasteiger partial charge in [-0.25, -0.2) is 0 Å². The van der Waals surface area contributed by atoms with Gasteiger partial charge >= 0.3 is 0 Å². The molecule has 0 amide bonds. The lowest BCUT2D eigenvalue weighted by Crippen LogP contribution is -1.95. The SMILES string of the molecule is OCCc1ccccc1-c1ccccc1-c1ccccc1. The van der Waals surface area contributed by atoms with Crippen molar-refractivity contribution in [1.82, 2.24) is 0 Å². The van der Waals surface area contributed by atoms with Crippen LogP contribution in [-0.4, -0.2) is 11.7 Å². The summed E-state index contributed by atoms with van der Waals surface area (Å²) in [4.78, 5) is 0. The molecule has 3 aromatic carbocycles. The minimum absolute atomic E-state index is 0.171. The van der Waals surface area contributed by atoms with Gasteiger partial charge in [-0.15, -0.1) is 0 Å². The van der Waals surface area contributed by atoms with Crippen LogP contribution in [0.4, 0.5) is 0 Å². The van der Waals surface area contributed by atoms with Crippen LogP contribution in [0.2, 0.25) is 0 Å². The van der Waals surface area contributed by atoms with E-state index in [1.54, 1.807) is 0 Å². The van der Waals surface area contributed by atoms with Crippen molar-refractivity contribution in [3.05, 3.63) is 84.4 Å². The zero-order valence-electron chi connectivity index (χ0n) is 11.9. The third-order valence-corrected chi connectivity index (χ3v) is 3.70. The number of aliphatic hydroxyl groups is 1. The molecule has 0 aliphatic carbocycles. The van der Waals surface area contributed by atoms with E-state index in [4.69, 9.17) is 0 Å². The average molecular weight is 274 g/mol. The van der Waals surface area contributed by atoms with Crippen molar-refractivity contribution in [2.75, 3.05) is 6.61 Å². The maximum Gasteiger partial charge on any atom is 0.0471 e. The average Bonchev–Trinajstić information content (AvgIpc) is 2.57. The molecule has 0 bridgehead atoms. The Balaban J connectivity index is 2.16. The van der Waals surface area contributed by atoms with Crippen LogP contribution in [0, 0.1) is 0 Å². The van der Waals surface area contributed by atoms with E-state index in [-0.39, 0.29) is 6.61 Å². The Morgan fingerprint density at radius 1 is 0.571 bits per heavy atom. The second-order valence-corrected chi connectivity index (χ2v) is 5.04. The lowest BCUT2D eigenvalue weighted by atomic mass is 9.91. The van der Waals surface area contributed by atoms with Crippen LogP contribution in [-0.2, 0) is 6.42 Å². The summed E-state index contributed by atoms with van der Waals surface area (Å²) in [6, 6.07) is 27.2. The van der Waals surface area contributed by atoms with Crippen LogP contribution in [0.1, 0.15) is 5.56 Å². The van der Waals surface area contributed by atoms with Crippen molar-refractivity contribution in [2.24, 2.45) is 0 Å². The first-order valence-corrected chi connectivity index (χ1v) is 7.24. The highest BCUT2D eigenvalue weighted by Crippen LogP contribution is 2.33. The van der Waals surface area contributed by atoms with Crippen molar-refractivity contribution in [3.63, 3.8) is 0 Å². The van der Waals surface area contributed by atoms with Gasteiger partial charge in [-0.1, -0.05) is 78.9 Å². The molecule has 0 aliphatic heterocycles. The summed E-state index contributed by atoms with van der Waals surface area (Å²) < 4.78 is 0. The van der Waals surface area contributed by atoms with E-state index in [0.717, 1.165) is 0 Å². The van der Waals surface area contributed by atoms with Crippen molar-refractivity contribution in [1.29, 1.82) is 0 Å². The second kappa shape index (κ2) is 6.38. The molecule has 0 spiro atoms. The van der Waals surface area contributed by atoms with Gasteiger partial charge in [0.25, 0.3) is 0 Å². The molecule has 1 heteroatoms. The predicted molar refractivity (Wildman–Crippen MR) is 88.1 cm³/mol. The van der Waals surface area contributed by atoms with Gasteiger partial charge in [0.15, 0.2) is 0 Å². The Morgan fingerprint density at radius 3 is 1.86 bits per heavy atom. The number of aliphatic hydroxyl groups excluding tert-OH is 1. The zero-order valence-corrected chi connectivity index (χ0v) is 11.9. The number of benzene rings is 3. The summed E-state index contributed by atoms with van der Waals surface area (Å²) in [5.74, 6) is 0. The molecule has 0 unspecified atom stereocenters. The molecule has 1 N–H and O–H groups in total. The minimum Gasteiger partial charge on any atom is -0.396 e. The summed E-state index contributed by atoms with van der Waals surface area (Å²) in [5.41, 5.74) is 6.04. The first-order valence-electron chi connectivity index (χ1n) is 7.24. The first-order chi connectivity index (χ1) is 10.4. The molecular weight excluding hydrogens is 256 g/mol. The Hall–Kier alpha value is -2.38. The molecule has 0 atom stereocenters. The number of hydrogen-bond donors (Lipinski definition) is 1. The van der Waals surface area contributed by atoms with Gasteiger partial charge < -0.3 is 5.11 Å². The highest BCUT2D eigenvalue weighted by atomic mass is 16.2. The number of rotatable bonds is 4. The first kappa shape index (κ1) is 13.6. The minimum atomic E-state index is 0.171. The maximum absolute atomic E-state index is 9.28. The molecule has 0 aliphatic rings. The van der Waals surface area contributed by atoms with Crippen molar-refractivity contribution in [2.45, 2.75) is 6.42 Å². The van der Waals surface area contributed by atoms with Crippen LogP contribution < -0.4 is 0 Å². The van der Waals surface area contributed by atoms with E-state index >= 15 is 0 Å². The van der Waals surface area contributed by atoms with E-state index in [1.165, 1.54) is 27.8 Å². The summed E-state index contributed by atoms with van der Waals surface area (Å²) in [6.07, 6.45) is 0.680. The van der Waals surface area contributed by atoms with Gasteiger partial charge in [-0.3, -0.25) is 0 Å². The van der Waals surface area contributed by atoms with Gasteiger partial charge in [0, 0.05) is 6.61 Å². The van der Waals surface area contributed by atoms with Crippen molar-refractivity contribution >= 4 is 0 Å². The standard InChI is InChI=1S/C20H18O/c21-15-14-17-10-4-5-11-19(17)20-13-7-6-12-18(20)16-8-2-1-3-9-16/h1-13,21H,14-15H2. The lowest BCUT2D eigenvalue weighted by Gasteiger charge is -2.13. The molecule has 1 nitrogen and oxygen atoms in total. The van der Waals surface area contributed by atoms with Crippen molar-refractivity contribution in [3.8, 4) is 22.3 Å². The maximum atomic E-state index is 9.28.